The van der Waals surface area contributed by atoms with Crippen LogP contribution in [0.4, 0.5) is 5.69 Å². The van der Waals surface area contributed by atoms with E-state index in [1.165, 1.54) is 4.57 Å². The van der Waals surface area contributed by atoms with Gasteiger partial charge in [-0.1, -0.05) is 48.5 Å². The van der Waals surface area contributed by atoms with Crippen LogP contribution in [-0.2, 0) is 17.8 Å². The summed E-state index contributed by atoms with van der Waals surface area (Å²) in [5, 5.41) is 0.397. The number of fused-ring (bicyclic) bond motifs is 2. The van der Waals surface area contributed by atoms with E-state index in [1.54, 1.807) is 53.4 Å². The molecule has 0 N–H and O–H groups in total. The van der Waals surface area contributed by atoms with Gasteiger partial charge in [-0.25, -0.2) is 9.36 Å². The van der Waals surface area contributed by atoms with Crippen molar-refractivity contribution in [2.75, 3.05) is 4.90 Å². The molecule has 6 heteroatoms. The Bertz CT molecular complexity index is 1420. The van der Waals surface area contributed by atoms with Crippen molar-refractivity contribution < 1.29 is 4.79 Å². The first-order valence-corrected chi connectivity index (χ1v) is 10.3. The smallest absolute Gasteiger partial charge is 0.307 e. The van der Waals surface area contributed by atoms with E-state index in [0.29, 0.717) is 16.6 Å². The molecule has 0 bridgehead atoms. The molecular formula is C25H21N3O3. The lowest BCUT2D eigenvalue weighted by Gasteiger charge is -2.24. The van der Waals surface area contributed by atoms with Gasteiger partial charge in [-0.2, -0.15) is 0 Å². The molecule has 0 saturated heterocycles. The summed E-state index contributed by atoms with van der Waals surface area (Å²) in [4.78, 5) is 41.7. The third kappa shape index (κ3) is 3.08. The third-order valence-electron chi connectivity index (χ3n) is 5.83. The second-order valence-electron chi connectivity index (χ2n) is 7.81. The van der Waals surface area contributed by atoms with Crippen molar-refractivity contribution in [2.24, 2.45) is 0 Å². The second-order valence-corrected chi connectivity index (χ2v) is 7.81. The van der Waals surface area contributed by atoms with Crippen LogP contribution in [0.2, 0.25) is 0 Å². The molecule has 1 amide bonds. The van der Waals surface area contributed by atoms with Crippen molar-refractivity contribution in [3.63, 3.8) is 0 Å². The van der Waals surface area contributed by atoms with Crippen LogP contribution < -0.4 is 16.1 Å². The molecule has 31 heavy (non-hydrogen) atoms. The lowest BCUT2D eigenvalue weighted by molar-refractivity contribution is -0.119. The minimum Gasteiger partial charge on any atom is -0.307 e. The summed E-state index contributed by atoms with van der Waals surface area (Å²) in [5.41, 5.74) is 2.02. The van der Waals surface area contributed by atoms with E-state index < -0.39 is 11.2 Å². The number of carbonyl (C=O) groups is 1. The fraction of sp³-hybridized carbons (Fsp3) is 0.160. The Labute approximate surface area is 178 Å². The van der Waals surface area contributed by atoms with E-state index in [1.807, 2.05) is 37.3 Å². The number of aromatic nitrogens is 2. The molecule has 1 unspecified atom stereocenters. The molecule has 154 valence electrons. The summed E-state index contributed by atoms with van der Waals surface area (Å²) >= 11 is 0. The molecule has 1 atom stereocenters. The Kier molecular flexibility index (Phi) is 4.55. The quantitative estimate of drug-likeness (QED) is 0.520. The summed E-state index contributed by atoms with van der Waals surface area (Å²) in [7, 11) is 0. The highest BCUT2D eigenvalue weighted by molar-refractivity contribution is 5.96. The SMILES string of the molecule is CC1Cc2ccccc2N1C(=O)Cn1c(=O)n(-c2ccccc2)c(=O)c2ccccc21. The van der Waals surface area contributed by atoms with Gasteiger partial charge in [0.1, 0.15) is 6.54 Å². The zero-order valence-corrected chi connectivity index (χ0v) is 17.1. The van der Waals surface area contributed by atoms with Gasteiger partial charge in [0.2, 0.25) is 5.91 Å². The highest BCUT2D eigenvalue weighted by atomic mass is 16.2. The Hall–Kier alpha value is -3.93. The van der Waals surface area contributed by atoms with Gasteiger partial charge in [0.05, 0.1) is 16.6 Å². The molecule has 3 aromatic carbocycles. The standard InChI is InChI=1S/C25H21N3O3/c1-17-15-18-9-5-7-13-21(18)27(17)23(29)16-26-22-14-8-6-12-20(22)24(30)28(25(26)31)19-10-3-2-4-11-19/h2-14,17H,15-16H2,1H3. The number of benzene rings is 3. The topological polar surface area (TPSA) is 64.3 Å². The number of amides is 1. The summed E-state index contributed by atoms with van der Waals surface area (Å²) in [6, 6.07) is 23.6. The molecule has 0 fully saturated rings. The van der Waals surface area contributed by atoms with E-state index in [0.717, 1.165) is 22.2 Å². The molecule has 1 aliphatic heterocycles. The van der Waals surface area contributed by atoms with E-state index in [2.05, 4.69) is 0 Å². The van der Waals surface area contributed by atoms with Crippen LogP contribution in [0.25, 0.3) is 16.6 Å². The number of nitrogens with zero attached hydrogens (tertiary/aromatic N) is 3. The minimum atomic E-state index is -0.525. The zero-order chi connectivity index (χ0) is 21.5. The molecule has 1 aromatic heterocycles. The molecule has 0 spiro atoms. The van der Waals surface area contributed by atoms with Crippen LogP contribution in [0, 0.1) is 0 Å². The van der Waals surface area contributed by atoms with Crippen molar-refractivity contribution in [1.82, 2.24) is 9.13 Å². The molecule has 4 aromatic rings. The van der Waals surface area contributed by atoms with Crippen LogP contribution in [0.5, 0.6) is 0 Å². The largest absolute Gasteiger partial charge is 0.336 e. The maximum atomic E-state index is 13.4. The molecule has 0 saturated carbocycles. The Morgan fingerprint density at radius 3 is 2.39 bits per heavy atom. The summed E-state index contributed by atoms with van der Waals surface area (Å²) < 4.78 is 2.54. The van der Waals surface area contributed by atoms with E-state index in [-0.39, 0.29) is 18.5 Å². The maximum Gasteiger partial charge on any atom is 0.336 e. The highest BCUT2D eigenvalue weighted by Crippen LogP contribution is 2.32. The Balaban J connectivity index is 1.66. The first-order valence-electron chi connectivity index (χ1n) is 10.3. The second kappa shape index (κ2) is 7.40. The van der Waals surface area contributed by atoms with Gasteiger partial charge in [0, 0.05) is 11.7 Å². The first kappa shape index (κ1) is 19.1. The van der Waals surface area contributed by atoms with E-state index >= 15 is 0 Å². The van der Waals surface area contributed by atoms with Gasteiger partial charge in [-0.15, -0.1) is 0 Å². The molecule has 1 aliphatic rings. The van der Waals surface area contributed by atoms with Gasteiger partial charge < -0.3 is 4.90 Å². The fourth-order valence-corrected chi connectivity index (χ4v) is 4.44. The molecule has 0 radical (unpaired) electrons. The van der Waals surface area contributed by atoms with Crippen molar-refractivity contribution in [1.29, 1.82) is 0 Å². The van der Waals surface area contributed by atoms with Crippen LogP contribution in [-0.4, -0.2) is 21.1 Å². The predicted molar refractivity (Wildman–Crippen MR) is 121 cm³/mol. The lowest BCUT2D eigenvalue weighted by atomic mass is 10.1. The monoisotopic (exact) mass is 411 g/mol. The zero-order valence-electron chi connectivity index (χ0n) is 17.1. The Morgan fingerprint density at radius 1 is 0.903 bits per heavy atom. The van der Waals surface area contributed by atoms with Crippen molar-refractivity contribution in [3.8, 4) is 5.69 Å². The Morgan fingerprint density at radius 2 is 1.58 bits per heavy atom. The van der Waals surface area contributed by atoms with Crippen LogP contribution in [0.1, 0.15) is 12.5 Å². The average Bonchev–Trinajstić information content (AvgIpc) is 3.13. The molecule has 5 rings (SSSR count). The lowest BCUT2D eigenvalue weighted by Crippen LogP contribution is -2.44. The van der Waals surface area contributed by atoms with Crippen molar-refractivity contribution in [2.45, 2.75) is 25.9 Å². The molecule has 0 aliphatic carbocycles. The molecule has 6 nitrogen and oxygen atoms in total. The minimum absolute atomic E-state index is 0.00638. The predicted octanol–water partition coefficient (Wildman–Crippen LogP) is 3.13. The number of para-hydroxylation sites is 3. The van der Waals surface area contributed by atoms with Gasteiger partial charge in [0.15, 0.2) is 0 Å². The van der Waals surface area contributed by atoms with Crippen LogP contribution >= 0.6 is 0 Å². The first-order chi connectivity index (χ1) is 15.1. The van der Waals surface area contributed by atoms with Crippen LogP contribution in [0.3, 0.4) is 0 Å². The van der Waals surface area contributed by atoms with Gasteiger partial charge >= 0.3 is 5.69 Å². The van der Waals surface area contributed by atoms with Crippen molar-refractivity contribution >= 4 is 22.5 Å². The number of carbonyl (C=O) groups excluding carboxylic acids is 1. The van der Waals surface area contributed by atoms with Gasteiger partial charge in [-0.3, -0.25) is 14.2 Å². The van der Waals surface area contributed by atoms with Crippen molar-refractivity contribution in [3.05, 3.63) is 105 Å². The number of rotatable bonds is 3. The normalized spacial score (nSPS) is 15.3. The highest BCUT2D eigenvalue weighted by Gasteiger charge is 2.31. The van der Waals surface area contributed by atoms with E-state index in [9.17, 15) is 14.4 Å². The average molecular weight is 411 g/mol. The summed E-state index contributed by atoms with van der Waals surface area (Å²) in [6.45, 7) is 1.86. The number of anilines is 1. The molecular weight excluding hydrogens is 390 g/mol. The molecule has 2 heterocycles. The number of hydrogen-bond donors (Lipinski definition) is 0. The third-order valence-corrected chi connectivity index (χ3v) is 5.83. The van der Waals surface area contributed by atoms with Crippen LogP contribution in [0.15, 0.2) is 88.5 Å². The fourth-order valence-electron chi connectivity index (χ4n) is 4.44. The van der Waals surface area contributed by atoms with Gasteiger partial charge in [-0.05, 0) is 49.2 Å². The maximum absolute atomic E-state index is 13.4. The van der Waals surface area contributed by atoms with E-state index in [4.69, 9.17) is 0 Å². The van der Waals surface area contributed by atoms with Gasteiger partial charge in [0.25, 0.3) is 5.56 Å². The summed E-state index contributed by atoms with van der Waals surface area (Å²) in [5.74, 6) is -0.178. The summed E-state index contributed by atoms with van der Waals surface area (Å²) in [6.07, 6.45) is 0.779. The number of hydrogen-bond acceptors (Lipinski definition) is 3.